The number of amides is 1. The van der Waals surface area contributed by atoms with Gasteiger partial charge in [0.05, 0.1) is 12.2 Å². The van der Waals surface area contributed by atoms with Crippen LogP contribution >= 0.6 is 0 Å². The largest absolute Gasteiger partial charge is 0.335 e. The second-order valence-electron chi connectivity index (χ2n) is 4.59. The maximum absolute atomic E-state index is 11.1. The molecule has 0 unspecified atom stereocenters. The van der Waals surface area contributed by atoms with Crippen LogP contribution in [0.2, 0.25) is 0 Å². The predicted octanol–water partition coefficient (Wildman–Crippen LogP) is 2.62. The Kier molecular flexibility index (Phi) is 4.29. The summed E-state index contributed by atoms with van der Waals surface area (Å²) in [6, 6.07) is 3.97. The van der Waals surface area contributed by atoms with Gasteiger partial charge in [0.1, 0.15) is 0 Å². The number of allylic oxidation sites excluding steroid dienone is 2. The maximum Gasteiger partial charge on any atom is 0.210 e. The minimum atomic E-state index is 0.566. The van der Waals surface area contributed by atoms with Crippen molar-refractivity contribution in [2.45, 2.75) is 26.3 Å². The van der Waals surface area contributed by atoms with Crippen LogP contribution in [-0.2, 0) is 11.3 Å². The summed E-state index contributed by atoms with van der Waals surface area (Å²) in [5.74, 6) is 0. The van der Waals surface area contributed by atoms with Crippen molar-refractivity contribution in [2.75, 3.05) is 6.54 Å². The van der Waals surface area contributed by atoms with E-state index in [1.54, 1.807) is 11.1 Å². The zero-order valence-electron chi connectivity index (χ0n) is 10.7. The van der Waals surface area contributed by atoms with Crippen LogP contribution in [0, 0.1) is 6.92 Å². The summed E-state index contributed by atoms with van der Waals surface area (Å²) in [6.45, 7) is 3.26. The smallest absolute Gasteiger partial charge is 0.210 e. The molecule has 3 heteroatoms. The average molecular weight is 242 g/mol. The fourth-order valence-corrected chi connectivity index (χ4v) is 2.04. The Labute approximate surface area is 108 Å². The summed E-state index contributed by atoms with van der Waals surface area (Å²) < 4.78 is 0. The van der Waals surface area contributed by atoms with E-state index in [0.717, 1.165) is 24.9 Å². The first-order valence-corrected chi connectivity index (χ1v) is 6.24. The molecule has 0 atom stereocenters. The van der Waals surface area contributed by atoms with Gasteiger partial charge < -0.3 is 4.90 Å². The van der Waals surface area contributed by atoms with Gasteiger partial charge in [0, 0.05) is 12.7 Å². The average Bonchev–Trinajstić information content (AvgIpc) is 2.39. The first-order valence-electron chi connectivity index (χ1n) is 6.24. The Balaban J connectivity index is 1.99. The van der Waals surface area contributed by atoms with E-state index in [0.29, 0.717) is 13.1 Å². The van der Waals surface area contributed by atoms with Crippen LogP contribution in [0.15, 0.2) is 42.1 Å². The van der Waals surface area contributed by atoms with Gasteiger partial charge in [-0.05, 0) is 43.0 Å². The summed E-state index contributed by atoms with van der Waals surface area (Å²) in [6.07, 6.45) is 11.3. The van der Waals surface area contributed by atoms with Gasteiger partial charge >= 0.3 is 0 Å². The Bertz CT molecular complexity index is 477. The zero-order chi connectivity index (χ0) is 12.8. The quantitative estimate of drug-likeness (QED) is 0.744. The predicted molar refractivity (Wildman–Crippen MR) is 71.9 cm³/mol. The number of carbonyl (C=O) groups excluding carboxylic acids is 1. The van der Waals surface area contributed by atoms with Gasteiger partial charge in [0.2, 0.25) is 6.41 Å². The fraction of sp³-hybridized carbons (Fsp3) is 0.333. The molecule has 18 heavy (non-hydrogen) atoms. The van der Waals surface area contributed by atoms with E-state index in [-0.39, 0.29) is 0 Å². The van der Waals surface area contributed by atoms with E-state index in [4.69, 9.17) is 0 Å². The van der Waals surface area contributed by atoms with Gasteiger partial charge in [-0.25, -0.2) is 0 Å². The van der Waals surface area contributed by atoms with Crippen molar-refractivity contribution in [3.63, 3.8) is 0 Å². The number of hydrogen-bond acceptors (Lipinski definition) is 2. The van der Waals surface area contributed by atoms with Crippen LogP contribution in [0.5, 0.6) is 0 Å². The Morgan fingerprint density at radius 2 is 2.28 bits per heavy atom. The number of aromatic nitrogens is 1. The molecular weight excluding hydrogens is 224 g/mol. The summed E-state index contributed by atoms with van der Waals surface area (Å²) in [5.41, 5.74) is 3.31. The van der Waals surface area contributed by atoms with Gasteiger partial charge in [-0.15, -0.1) is 0 Å². The Hall–Kier alpha value is -1.90. The lowest BCUT2D eigenvalue weighted by Crippen LogP contribution is -2.24. The molecule has 94 valence electrons. The number of nitrogens with zero attached hydrogens (tertiary/aromatic N) is 2. The van der Waals surface area contributed by atoms with E-state index in [2.05, 4.69) is 23.2 Å². The molecule has 1 aromatic heterocycles. The highest BCUT2D eigenvalue weighted by atomic mass is 16.1. The molecular formula is C15H18N2O. The van der Waals surface area contributed by atoms with Crippen LogP contribution in [0.4, 0.5) is 0 Å². The van der Waals surface area contributed by atoms with E-state index in [9.17, 15) is 4.79 Å². The van der Waals surface area contributed by atoms with Crippen molar-refractivity contribution >= 4 is 6.41 Å². The molecule has 0 aromatic carbocycles. The first kappa shape index (κ1) is 12.6. The van der Waals surface area contributed by atoms with Crippen molar-refractivity contribution < 1.29 is 4.79 Å². The highest BCUT2D eigenvalue weighted by Gasteiger charge is 2.07. The SMILES string of the molecule is Cc1ccnc(CN(C=O)CC2=CCCC=C2)c1. The van der Waals surface area contributed by atoms with Crippen molar-refractivity contribution in [3.8, 4) is 0 Å². The number of carbonyl (C=O) groups is 1. The topological polar surface area (TPSA) is 33.2 Å². The van der Waals surface area contributed by atoms with Crippen LogP contribution in [-0.4, -0.2) is 22.8 Å². The lowest BCUT2D eigenvalue weighted by molar-refractivity contribution is -0.118. The standard InChI is InChI=1S/C15H18N2O/c1-13-7-8-16-15(9-13)11-17(12-18)10-14-5-3-2-4-6-14/h3,5-9,12H,2,4,10-11H2,1H3. The molecule has 0 saturated carbocycles. The third-order valence-electron chi connectivity index (χ3n) is 2.94. The molecule has 0 aliphatic heterocycles. The molecule has 0 spiro atoms. The number of aryl methyl sites for hydroxylation is 1. The molecule has 0 radical (unpaired) electrons. The highest BCUT2D eigenvalue weighted by Crippen LogP contribution is 2.12. The molecule has 0 bridgehead atoms. The molecule has 0 N–H and O–H groups in total. The number of hydrogen-bond donors (Lipinski definition) is 0. The van der Waals surface area contributed by atoms with Gasteiger partial charge in [-0.1, -0.05) is 18.2 Å². The van der Waals surface area contributed by atoms with Crippen LogP contribution in [0.25, 0.3) is 0 Å². The zero-order valence-corrected chi connectivity index (χ0v) is 10.7. The number of pyridine rings is 1. The third kappa shape index (κ3) is 3.55. The van der Waals surface area contributed by atoms with Gasteiger partial charge in [-0.3, -0.25) is 9.78 Å². The Morgan fingerprint density at radius 1 is 1.39 bits per heavy atom. The molecule has 0 fully saturated rings. The van der Waals surface area contributed by atoms with Crippen molar-refractivity contribution in [1.29, 1.82) is 0 Å². The molecule has 3 nitrogen and oxygen atoms in total. The minimum absolute atomic E-state index is 0.566. The molecule has 1 amide bonds. The van der Waals surface area contributed by atoms with Crippen LogP contribution in [0.1, 0.15) is 24.1 Å². The molecule has 1 aliphatic carbocycles. The second-order valence-corrected chi connectivity index (χ2v) is 4.59. The summed E-state index contributed by atoms with van der Waals surface area (Å²) in [5, 5.41) is 0. The van der Waals surface area contributed by atoms with Crippen molar-refractivity contribution in [2.24, 2.45) is 0 Å². The maximum atomic E-state index is 11.1. The van der Waals surface area contributed by atoms with Gasteiger partial charge in [0.15, 0.2) is 0 Å². The lowest BCUT2D eigenvalue weighted by atomic mass is 10.1. The van der Waals surface area contributed by atoms with Gasteiger partial charge in [-0.2, -0.15) is 0 Å². The van der Waals surface area contributed by atoms with Gasteiger partial charge in [0.25, 0.3) is 0 Å². The summed E-state index contributed by atoms with van der Waals surface area (Å²) in [7, 11) is 0. The monoisotopic (exact) mass is 242 g/mol. The van der Waals surface area contributed by atoms with E-state index in [1.807, 2.05) is 19.1 Å². The molecule has 0 saturated heterocycles. The molecule has 2 rings (SSSR count). The van der Waals surface area contributed by atoms with Crippen molar-refractivity contribution in [3.05, 3.63) is 53.4 Å². The van der Waals surface area contributed by atoms with Crippen molar-refractivity contribution in [1.82, 2.24) is 9.88 Å². The van der Waals surface area contributed by atoms with Crippen LogP contribution in [0.3, 0.4) is 0 Å². The normalized spacial score (nSPS) is 14.2. The second kappa shape index (κ2) is 6.15. The molecule has 1 aromatic rings. The molecule has 1 aliphatic rings. The minimum Gasteiger partial charge on any atom is -0.335 e. The summed E-state index contributed by atoms with van der Waals surface area (Å²) in [4.78, 5) is 17.2. The fourth-order valence-electron chi connectivity index (χ4n) is 2.04. The first-order chi connectivity index (χ1) is 8.78. The van der Waals surface area contributed by atoms with E-state index < -0.39 is 0 Å². The number of rotatable bonds is 5. The highest BCUT2D eigenvalue weighted by molar-refractivity contribution is 5.48. The molecule has 1 heterocycles. The van der Waals surface area contributed by atoms with E-state index >= 15 is 0 Å². The summed E-state index contributed by atoms with van der Waals surface area (Å²) >= 11 is 0. The van der Waals surface area contributed by atoms with Crippen LogP contribution < -0.4 is 0 Å². The lowest BCUT2D eigenvalue weighted by Gasteiger charge is -2.18. The van der Waals surface area contributed by atoms with E-state index in [1.165, 1.54) is 11.1 Å². The third-order valence-corrected chi connectivity index (χ3v) is 2.94. The Morgan fingerprint density at radius 3 is 2.94 bits per heavy atom.